The number of aromatic nitrogens is 2. The molecule has 0 bridgehead atoms. The van der Waals surface area contributed by atoms with Crippen LogP contribution in [-0.4, -0.2) is 29.1 Å². The van der Waals surface area contributed by atoms with Crippen molar-refractivity contribution in [2.24, 2.45) is 11.3 Å². The van der Waals surface area contributed by atoms with Gasteiger partial charge in [-0.2, -0.15) is 0 Å². The third-order valence-electron chi connectivity index (χ3n) is 4.58. The molecule has 4 heteroatoms. The maximum atomic E-state index is 4.60. The zero-order valence-electron chi connectivity index (χ0n) is 12.9. The van der Waals surface area contributed by atoms with Crippen LogP contribution >= 0.6 is 0 Å². The molecule has 1 unspecified atom stereocenters. The molecule has 1 N–H and O–H groups in total. The van der Waals surface area contributed by atoms with Gasteiger partial charge in [0.1, 0.15) is 5.82 Å². The summed E-state index contributed by atoms with van der Waals surface area (Å²) in [6.45, 7) is 10.1. The summed E-state index contributed by atoms with van der Waals surface area (Å²) in [5.41, 5.74) is 1.43. The van der Waals surface area contributed by atoms with Crippen molar-refractivity contribution in [2.45, 2.75) is 52.6 Å². The zero-order valence-corrected chi connectivity index (χ0v) is 12.9. The molecule has 1 saturated heterocycles. The standard InChI is InChI=1S/C16H26N4/c1-16(2,3)12-6-7-20(11-12)15-10-18-14(9-19-15)8-17-13-4-5-13/h9-10,12-13,17H,4-8,11H2,1-3H3. The second-order valence-electron chi connectivity index (χ2n) is 7.32. The van der Waals surface area contributed by atoms with Gasteiger partial charge in [0.2, 0.25) is 0 Å². The van der Waals surface area contributed by atoms with Crippen LogP contribution in [0.5, 0.6) is 0 Å². The van der Waals surface area contributed by atoms with Gasteiger partial charge in [0.25, 0.3) is 0 Å². The van der Waals surface area contributed by atoms with Crippen molar-refractivity contribution in [3.05, 3.63) is 18.1 Å². The molecule has 0 spiro atoms. The normalized spacial score (nSPS) is 23.4. The Bertz CT molecular complexity index is 445. The van der Waals surface area contributed by atoms with Crippen molar-refractivity contribution < 1.29 is 0 Å². The van der Waals surface area contributed by atoms with Crippen molar-refractivity contribution in [1.29, 1.82) is 0 Å². The summed E-state index contributed by atoms with van der Waals surface area (Å²) in [5.74, 6) is 1.78. The number of nitrogens with one attached hydrogen (secondary N) is 1. The molecule has 1 saturated carbocycles. The Morgan fingerprint density at radius 1 is 1.20 bits per heavy atom. The highest BCUT2D eigenvalue weighted by Gasteiger charge is 2.32. The number of nitrogens with zero attached hydrogens (tertiary/aromatic N) is 3. The van der Waals surface area contributed by atoms with Gasteiger partial charge >= 0.3 is 0 Å². The van der Waals surface area contributed by atoms with Gasteiger partial charge in [-0.25, -0.2) is 4.98 Å². The Balaban J connectivity index is 1.57. The summed E-state index contributed by atoms with van der Waals surface area (Å²) in [5, 5.41) is 3.47. The maximum absolute atomic E-state index is 4.60. The first-order valence-corrected chi connectivity index (χ1v) is 7.81. The summed E-state index contributed by atoms with van der Waals surface area (Å²) in [7, 11) is 0. The highest BCUT2D eigenvalue weighted by Crippen LogP contribution is 2.34. The molecular weight excluding hydrogens is 248 g/mol. The van der Waals surface area contributed by atoms with Crippen LogP contribution in [0, 0.1) is 11.3 Å². The van der Waals surface area contributed by atoms with Crippen molar-refractivity contribution in [3.8, 4) is 0 Å². The third-order valence-corrected chi connectivity index (χ3v) is 4.58. The van der Waals surface area contributed by atoms with Crippen LogP contribution < -0.4 is 10.2 Å². The van der Waals surface area contributed by atoms with E-state index in [-0.39, 0.29) is 0 Å². The molecule has 20 heavy (non-hydrogen) atoms. The summed E-state index contributed by atoms with van der Waals surface area (Å²) in [6.07, 6.45) is 7.75. The molecule has 0 aromatic carbocycles. The number of rotatable bonds is 4. The van der Waals surface area contributed by atoms with Crippen molar-refractivity contribution in [1.82, 2.24) is 15.3 Å². The zero-order chi connectivity index (χ0) is 14.2. The van der Waals surface area contributed by atoms with Crippen LogP contribution in [0.1, 0.15) is 45.7 Å². The minimum atomic E-state index is 0.385. The van der Waals surface area contributed by atoms with Crippen molar-refractivity contribution >= 4 is 5.82 Å². The Morgan fingerprint density at radius 3 is 2.55 bits per heavy atom. The lowest BCUT2D eigenvalue weighted by atomic mass is 9.80. The molecule has 0 radical (unpaired) electrons. The molecule has 1 aliphatic carbocycles. The van der Waals surface area contributed by atoms with E-state index in [1.807, 2.05) is 12.4 Å². The van der Waals surface area contributed by atoms with Gasteiger partial charge in [0, 0.05) is 25.7 Å². The number of anilines is 1. The van der Waals surface area contributed by atoms with E-state index >= 15 is 0 Å². The minimum absolute atomic E-state index is 0.385. The van der Waals surface area contributed by atoms with Gasteiger partial charge < -0.3 is 10.2 Å². The fraction of sp³-hybridized carbons (Fsp3) is 0.750. The van der Waals surface area contributed by atoms with E-state index in [2.05, 4.69) is 41.0 Å². The van der Waals surface area contributed by atoms with E-state index in [1.54, 1.807) is 0 Å². The minimum Gasteiger partial charge on any atom is -0.355 e. The van der Waals surface area contributed by atoms with Crippen LogP contribution in [0.3, 0.4) is 0 Å². The predicted molar refractivity (Wildman–Crippen MR) is 81.7 cm³/mol. The monoisotopic (exact) mass is 274 g/mol. The first-order chi connectivity index (χ1) is 9.52. The smallest absolute Gasteiger partial charge is 0.147 e. The molecule has 110 valence electrons. The molecule has 1 aliphatic heterocycles. The van der Waals surface area contributed by atoms with Gasteiger partial charge in [-0.1, -0.05) is 20.8 Å². The Labute approximate surface area is 122 Å². The van der Waals surface area contributed by atoms with Gasteiger partial charge in [-0.05, 0) is 30.6 Å². The summed E-state index contributed by atoms with van der Waals surface area (Å²) in [4.78, 5) is 11.5. The molecule has 1 atom stereocenters. The van der Waals surface area contributed by atoms with Gasteiger partial charge in [0.05, 0.1) is 18.1 Å². The molecular formula is C16H26N4. The largest absolute Gasteiger partial charge is 0.355 e. The topological polar surface area (TPSA) is 41.1 Å². The molecule has 2 heterocycles. The molecule has 3 rings (SSSR count). The lowest BCUT2D eigenvalue weighted by molar-refractivity contribution is 0.263. The van der Waals surface area contributed by atoms with Gasteiger partial charge in [-0.15, -0.1) is 0 Å². The summed E-state index contributed by atoms with van der Waals surface area (Å²) < 4.78 is 0. The van der Waals surface area contributed by atoms with Gasteiger partial charge in [-0.3, -0.25) is 4.98 Å². The first-order valence-electron chi connectivity index (χ1n) is 7.81. The van der Waals surface area contributed by atoms with E-state index in [1.165, 1.54) is 19.3 Å². The average molecular weight is 274 g/mol. The van der Waals surface area contributed by atoms with E-state index in [9.17, 15) is 0 Å². The van der Waals surface area contributed by atoms with Crippen LogP contribution in [-0.2, 0) is 6.54 Å². The van der Waals surface area contributed by atoms with Crippen LogP contribution in [0.4, 0.5) is 5.82 Å². The summed E-state index contributed by atoms with van der Waals surface area (Å²) in [6, 6.07) is 0.725. The van der Waals surface area contributed by atoms with Crippen LogP contribution in [0.2, 0.25) is 0 Å². The fourth-order valence-corrected chi connectivity index (χ4v) is 2.81. The third kappa shape index (κ3) is 3.29. The second kappa shape index (κ2) is 5.32. The SMILES string of the molecule is CC(C)(C)C1CCN(c2cnc(CNC3CC3)cn2)C1. The predicted octanol–water partition coefficient (Wildman–Crippen LogP) is 2.60. The van der Waals surface area contributed by atoms with E-state index in [4.69, 9.17) is 0 Å². The van der Waals surface area contributed by atoms with Crippen LogP contribution in [0.25, 0.3) is 0 Å². The fourth-order valence-electron chi connectivity index (χ4n) is 2.81. The second-order valence-corrected chi connectivity index (χ2v) is 7.32. The Morgan fingerprint density at radius 2 is 2.00 bits per heavy atom. The lowest BCUT2D eigenvalue weighted by Crippen LogP contribution is -2.26. The lowest BCUT2D eigenvalue weighted by Gasteiger charge is -2.27. The highest BCUT2D eigenvalue weighted by molar-refractivity contribution is 5.37. The molecule has 4 nitrogen and oxygen atoms in total. The number of hydrogen-bond acceptors (Lipinski definition) is 4. The Hall–Kier alpha value is -1.16. The van der Waals surface area contributed by atoms with E-state index in [0.717, 1.165) is 43.1 Å². The van der Waals surface area contributed by atoms with E-state index in [0.29, 0.717) is 5.41 Å². The molecule has 1 aromatic heterocycles. The quantitative estimate of drug-likeness (QED) is 0.916. The van der Waals surface area contributed by atoms with Crippen LogP contribution in [0.15, 0.2) is 12.4 Å². The molecule has 0 amide bonds. The summed E-state index contributed by atoms with van der Waals surface area (Å²) >= 11 is 0. The van der Waals surface area contributed by atoms with Gasteiger partial charge in [0.15, 0.2) is 0 Å². The first kappa shape index (κ1) is 13.8. The van der Waals surface area contributed by atoms with Crippen molar-refractivity contribution in [2.75, 3.05) is 18.0 Å². The Kier molecular flexibility index (Phi) is 3.67. The highest BCUT2D eigenvalue weighted by atomic mass is 15.2. The maximum Gasteiger partial charge on any atom is 0.147 e. The number of hydrogen-bond donors (Lipinski definition) is 1. The average Bonchev–Trinajstić information content (AvgIpc) is 3.09. The van der Waals surface area contributed by atoms with Crippen molar-refractivity contribution in [3.63, 3.8) is 0 Å². The molecule has 2 aliphatic rings. The molecule has 1 aromatic rings. The molecule has 2 fully saturated rings. The van der Waals surface area contributed by atoms with E-state index < -0.39 is 0 Å².